The number of aliphatic hydroxyl groups is 1. The Labute approximate surface area is 132 Å². The van der Waals surface area contributed by atoms with E-state index in [2.05, 4.69) is 5.32 Å². The molecule has 1 aliphatic rings. The fourth-order valence-electron chi connectivity index (χ4n) is 2.19. The number of benzene rings is 1. The molecule has 0 spiro atoms. The van der Waals surface area contributed by atoms with Crippen LogP contribution in [0.25, 0.3) is 6.08 Å². The van der Waals surface area contributed by atoms with E-state index in [0.717, 1.165) is 12.1 Å². The number of carbonyl (C=O) groups excluding carboxylic acids is 1. The van der Waals surface area contributed by atoms with Gasteiger partial charge in [0.1, 0.15) is 0 Å². The molecule has 1 heterocycles. The fraction of sp³-hybridized carbons (Fsp3) is 0.438. The summed E-state index contributed by atoms with van der Waals surface area (Å²) in [6, 6.07) is 4.50. The van der Waals surface area contributed by atoms with Crippen LogP contribution >= 0.6 is 0 Å². The monoisotopic (exact) mass is 329 g/mol. The number of rotatable bonds is 4. The minimum absolute atomic E-state index is 0.118. The third-order valence-corrected chi connectivity index (χ3v) is 3.68. The van der Waals surface area contributed by atoms with Crippen LogP contribution in [0.1, 0.15) is 24.0 Å². The second-order valence-corrected chi connectivity index (χ2v) is 5.51. The van der Waals surface area contributed by atoms with Crippen molar-refractivity contribution in [1.29, 1.82) is 0 Å². The van der Waals surface area contributed by atoms with E-state index >= 15 is 0 Å². The van der Waals surface area contributed by atoms with E-state index < -0.39 is 23.2 Å². The average molecular weight is 329 g/mol. The molecule has 1 fully saturated rings. The Kier molecular flexibility index (Phi) is 5.43. The number of carbonyl (C=O) groups is 1. The zero-order valence-electron chi connectivity index (χ0n) is 12.4. The van der Waals surface area contributed by atoms with Crippen molar-refractivity contribution >= 4 is 12.0 Å². The molecule has 0 radical (unpaired) electrons. The lowest BCUT2D eigenvalue weighted by atomic mass is 9.94. The van der Waals surface area contributed by atoms with Crippen molar-refractivity contribution in [2.24, 2.45) is 0 Å². The molecular weight excluding hydrogens is 311 g/mol. The summed E-state index contributed by atoms with van der Waals surface area (Å²) >= 11 is 0. The van der Waals surface area contributed by atoms with Crippen LogP contribution in [0.3, 0.4) is 0 Å². The van der Waals surface area contributed by atoms with Gasteiger partial charge in [0.15, 0.2) is 0 Å². The maximum atomic E-state index is 12.4. The Hall–Kier alpha value is -1.86. The van der Waals surface area contributed by atoms with Gasteiger partial charge in [0, 0.05) is 38.7 Å². The fourth-order valence-corrected chi connectivity index (χ4v) is 2.19. The van der Waals surface area contributed by atoms with E-state index in [1.807, 2.05) is 0 Å². The summed E-state index contributed by atoms with van der Waals surface area (Å²) in [4.78, 5) is 11.7. The van der Waals surface area contributed by atoms with Crippen molar-refractivity contribution < 1.29 is 27.8 Å². The molecule has 0 saturated carbocycles. The van der Waals surface area contributed by atoms with Crippen LogP contribution in [0.15, 0.2) is 30.3 Å². The molecule has 23 heavy (non-hydrogen) atoms. The summed E-state index contributed by atoms with van der Waals surface area (Å²) in [7, 11) is 0. The summed E-state index contributed by atoms with van der Waals surface area (Å²) in [5.41, 5.74) is -1.21. The first-order chi connectivity index (χ1) is 10.8. The van der Waals surface area contributed by atoms with E-state index in [1.165, 1.54) is 24.3 Å². The van der Waals surface area contributed by atoms with Crippen LogP contribution < -0.4 is 5.32 Å². The van der Waals surface area contributed by atoms with Crippen molar-refractivity contribution in [3.8, 4) is 0 Å². The first kappa shape index (κ1) is 17.5. The Bertz CT molecular complexity index is 561. The van der Waals surface area contributed by atoms with Gasteiger partial charge in [-0.3, -0.25) is 4.79 Å². The molecule has 2 rings (SSSR count). The molecule has 7 heteroatoms. The van der Waals surface area contributed by atoms with Crippen LogP contribution in [-0.4, -0.2) is 36.4 Å². The topological polar surface area (TPSA) is 58.6 Å². The van der Waals surface area contributed by atoms with Gasteiger partial charge in [-0.15, -0.1) is 0 Å². The van der Waals surface area contributed by atoms with Crippen LogP contribution in [0.2, 0.25) is 0 Å². The number of amides is 1. The third-order valence-electron chi connectivity index (χ3n) is 3.68. The second kappa shape index (κ2) is 7.14. The molecule has 1 aromatic carbocycles. The van der Waals surface area contributed by atoms with Crippen molar-refractivity contribution in [3.63, 3.8) is 0 Å². The SMILES string of the molecule is O=C(C=Cc1ccc(C(F)(F)F)cc1)NCC1(O)CCOCC1. The van der Waals surface area contributed by atoms with Crippen molar-refractivity contribution in [2.45, 2.75) is 24.6 Å². The predicted octanol–water partition coefficient (Wildman–Crippen LogP) is 2.38. The summed E-state index contributed by atoms with van der Waals surface area (Å²) in [6.07, 6.45) is -0.820. The Balaban J connectivity index is 1.86. The number of hydrogen-bond acceptors (Lipinski definition) is 3. The minimum atomic E-state index is -4.38. The molecule has 1 aromatic rings. The largest absolute Gasteiger partial charge is 0.416 e. The van der Waals surface area contributed by atoms with E-state index in [4.69, 9.17) is 4.74 Å². The molecule has 0 aromatic heterocycles. The Morgan fingerprint density at radius 3 is 2.43 bits per heavy atom. The number of nitrogens with one attached hydrogen (secondary N) is 1. The highest BCUT2D eigenvalue weighted by atomic mass is 19.4. The first-order valence-corrected chi connectivity index (χ1v) is 7.22. The van der Waals surface area contributed by atoms with E-state index in [1.54, 1.807) is 0 Å². The highest BCUT2D eigenvalue weighted by Crippen LogP contribution is 2.29. The maximum Gasteiger partial charge on any atom is 0.416 e. The zero-order chi connectivity index (χ0) is 16.9. The van der Waals surface area contributed by atoms with Gasteiger partial charge in [0.2, 0.25) is 5.91 Å². The summed E-state index contributed by atoms with van der Waals surface area (Å²) in [6.45, 7) is 1.02. The second-order valence-electron chi connectivity index (χ2n) is 5.51. The van der Waals surface area contributed by atoms with Crippen LogP contribution in [0, 0.1) is 0 Å². The molecule has 1 amide bonds. The lowest BCUT2D eigenvalue weighted by molar-refractivity contribution is -0.137. The number of halogens is 3. The molecule has 126 valence electrons. The quantitative estimate of drug-likeness (QED) is 0.834. The molecule has 0 atom stereocenters. The van der Waals surface area contributed by atoms with Crippen LogP contribution in [0.4, 0.5) is 13.2 Å². The van der Waals surface area contributed by atoms with Gasteiger partial charge in [0.05, 0.1) is 11.2 Å². The molecule has 0 unspecified atom stereocenters. The zero-order valence-corrected chi connectivity index (χ0v) is 12.4. The normalized spacial score (nSPS) is 18.1. The van der Waals surface area contributed by atoms with Crippen LogP contribution in [0.5, 0.6) is 0 Å². The lowest BCUT2D eigenvalue weighted by Gasteiger charge is -2.31. The lowest BCUT2D eigenvalue weighted by Crippen LogP contribution is -2.46. The smallest absolute Gasteiger partial charge is 0.388 e. The Morgan fingerprint density at radius 2 is 1.87 bits per heavy atom. The van der Waals surface area contributed by atoms with E-state index in [-0.39, 0.29) is 6.54 Å². The number of alkyl halides is 3. The van der Waals surface area contributed by atoms with Gasteiger partial charge >= 0.3 is 6.18 Å². The minimum Gasteiger partial charge on any atom is -0.388 e. The van der Waals surface area contributed by atoms with Gasteiger partial charge in [-0.25, -0.2) is 0 Å². The molecule has 1 saturated heterocycles. The van der Waals surface area contributed by atoms with E-state index in [9.17, 15) is 23.1 Å². The highest BCUT2D eigenvalue weighted by Gasteiger charge is 2.30. The molecule has 0 bridgehead atoms. The summed E-state index contributed by atoms with van der Waals surface area (Å²) < 4.78 is 42.4. The van der Waals surface area contributed by atoms with Gasteiger partial charge in [-0.1, -0.05) is 12.1 Å². The van der Waals surface area contributed by atoms with Crippen LogP contribution in [-0.2, 0) is 15.7 Å². The van der Waals surface area contributed by atoms with Gasteiger partial charge in [-0.05, 0) is 23.8 Å². The third kappa shape index (κ3) is 5.37. The molecule has 1 aliphatic heterocycles. The van der Waals surface area contributed by atoms with Gasteiger partial charge in [0.25, 0.3) is 0 Å². The molecule has 2 N–H and O–H groups in total. The number of ether oxygens (including phenoxy) is 1. The maximum absolute atomic E-state index is 12.4. The Morgan fingerprint density at radius 1 is 1.26 bits per heavy atom. The predicted molar refractivity (Wildman–Crippen MR) is 78.5 cm³/mol. The van der Waals surface area contributed by atoms with Crippen molar-refractivity contribution in [1.82, 2.24) is 5.32 Å². The number of hydrogen-bond donors (Lipinski definition) is 2. The standard InChI is InChI=1S/C16H18F3NO3/c17-16(18,19)13-4-1-12(2-5-13)3-6-14(21)20-11-15(22)7-9-23-10-8-15/h1-6,22H,7-11H2,(H,20,21). The highest BCUT2D eigenvalue weighted by molar-refractivity contribution is 5.91. The summed E-state index contributed by atoms with van der Waals surface area (Å²) in [5, 5.41) is 12.8. The molecular formula is C16H18F3NO3. The molecule has 0 aliphatic carbocycles. The van der Waals surface area contributed by atoms with E-state index in [0.29, 0.717) is 31.6 Å². The average Bonchev–Trinajstić information content (AvgIpc) is 2.51. The van der Waals surface area contributed by atoms with Crippen molar-refractivity contribution in [2.75, 3.05) is 19.8 Å². The molecule has 4 nitrogen and oxygen atoms in total. The summed E-state index contributed by atoms with van der Waals surface area (Å²) in [5.74, 6) is -0.412. The van der Waals surface area contributed by atoms with Gasteiger partial charge < -0.3 is 15.2 Å². The first-order valence-electron chi connectivity index (χ1n) is 7.22. The van der Waals surface area contributed by atoms with Gasteiger partial charge in [-0.2, -0.15) is 13.2 Å². The van der Waals surface area contributed by atoms with Crippen molar-refractivity contribution in [3.05, 3.63) is 41.5 Å².